The summed E-state index contributed by atoms with van der Waals surface area (Å²) in [4.78, 5) is 4.27. The molecule has 0 amide bonds. The van der Waals surface area contributed by atoms with E-state index in [0.29, 0.717) is 0 Å². The summed E-state index contributed by atoms with van der Waals surface area (Å²) in [5, 5.41) is 2.30. The van der Waals surface area contributed by atoms with E-state index in [4.69, 9.17) is 4.74 Å². The summed E-state index contributed by atoms with van der Waals surface area (Å²) in [6.45, 7) is 4.07. The van der Waals surface area contributed by atoms with Gasteiger partial charge in [-0.15, -0.1) is 0 Å². The molecule has 0 saturated carbocycles. The predicted octanol–water partition coefficient (Wildman–Crippen LogP) is 2.86. The minimum atomic E-state index is 0.908. The predicted molar refractivity (Wildman–Crippen MR) is 57.8 cm³/mol. The molecule has 0 aliphatic heterocycles. The molecule has 2 rings (SSSR count). The molecule has 1 heterocycles. The van der Waals surface area contributed by atoms with Gasteiger partial charge in [0.05, 0.1) is 7.11 Å². The monoisotopic (exact) mass is 187 g/mol. The smallest absolute Gasteiger partial charge is 0.128 e. The quantitative estimate of drug-likeness (QED) is 0.684. The van der Waals surface area contributed by atoms with Gasteiger partial charge in [-0.1, -0.05) is 6.07 Å². The molecule has 0 fully saturated rings. The van der Waals surface area contributed by atoms with Crippen LogP contribution in [0.25, 0.3) is 10.8 Å². The molecule has 1 aromatic heterocycles. The molecule has 0 unspecified atom stereocenters. The van der Waals surface area contributed by atoms with Crippen LogP contribution in [0, 0.1) is 13.8 Å². The van der Waals surface area contributed by atoms with Gasteiger partial charge in [-0.2, -0.15) is 0 Å². The van der Waals surface area contributed by atoms with Gasteiger partial charge >= 0.3 is 0 Å². The molecule has 0 N–H and O–H groups in total. The summed E-state index contributed by atoms with van der Waals surface area (Å²) >= 11 is 0. The molecule has 0 radical (unpaired) electrons. The van der Waals surface area contributed by atoms with Crippen LogP contribution in [-0.2, 0) is 0 Å². The van der Waals surface area contributed by atoms with E-state index in [1.807, 2.05) is 25.3 Å². The molecule has 2 aromatic rings. The van der Waals surface area contributed by atoms with E-state index in [-0.39, 0.29) is 0 Å². The molecule has 0 atom stereocenters. The van der Waals surface area contributed by atoms with Crippen molar-refractivity contribution in [3.8, 4) is 5.75 Å². The SMILES string of the molecule is COc1cc(C)cc2ccnc(C)c12. The minimum absolute atomic E-state index is 0.908. The molecule has 72 valence electrons. The van der Waals surface area contributed by atoms with E-state index in [9.17, 15) is 0 Å². The Kier molecular flexibility index (Phi) is 2.12. The number of pyridine rings is 1. The lowest BCUT2D eigenvalue weighted by molar-refractivity contribution is 0.419. The molecule has 0 saturated heterocycles. The van der Waals surface area contributed by atoms with Crippen molar-refractivity contribution in [3.63, 3.8) is 0 Å². The number of rotatable bonds is 1. The first kappa shape index (κ1) is 9.00. The zero-order valence-electron chi connectivity index (χ0n) is 8.66. The van der Waals surface area contributed by atoms with Gasteiger partial charge in [0.2, 0.25) is 0 Å². The summed E-state index contributed by atoms with van der Waals surface area (Å²) in [6.07, 6.45) is 1.83. The normalized spacial score (nSPS) is 10.5. The average Bonchev–Trinajstić information content (AvgIpc) is 2.16. The zero-order chi connectivity index (χ0) is 10.1. The Hall–Kier alpha value is -1.57. The van der Waals surface area contributed by atoms with E-state index in [1.165, 1.54) is 10.9 Å². The summed E-state index contributed by atoms with van der Waals surface area (Å²) in [5.41, 5.74) is 2.22. The largest absolute Gasteiger partial charge is 0.496 e. The van der Waals surface area contributed by atoms with Gasteiger partial charge in [0.25, 0.3) is 0 Å². The lowest BCUT2D eigenvalue weighted by atomic mass is 10.1. The Morgan fingerprint density at radius 3 is 2.71 bits per heavy atom. The Morgan fingerprint density at radius 1 is 1.21 bits per heavy atom. The summed E-state index contributed by atoms with van der Waals surface area (Å²) in [7, 11) is 1.70. The van der Waals surface area contributed by atoms with Crippen LogP contribution in [0.1, 0.15) is 11.3 Å². The van der Waals surface area contributed by atoms with Gasteiger partial charge in [-0.3, -0.25) is 4.98 Å². The summed E-state index contributed by atoms with van der Waals surface area (Å²) in [5.74, 6) is 0.908. The first-order valence-corrected chi connectivity index (χ1v) is 4.62. The van der Waals surface area contributed by atoms with Crippen molar-refractivity contribution in [2.75, 3.05) is 7.11 Å². The number of nitrogens with zero attached hydrogens (tertiary/aromatic N) is 1. The fourth-order valence-corrected chi connectivity index (χ4v) is 1.75. The summed E-state index contributed by atoms with van der Waals surface area (Å²) < 4.78 is 5.35. The zero-order valence-corrected chi connectivity index (χ0v) is 8.66. The second-order valence-corrected chi connectivity index (χ2v) is 3.46. The van der Waals surface area contributed by atoms with Gasteiger partial charge < -0.3 is 4.74 Å². The number of benzene rings is 1. The molecule has 2 heteroatoms. The highest BCUT2D eigenvalue weighted by Crippen LogP contribution is 2.28. The second-order valence-electron chi connectivity index (χ2n) is 3.46. The topological polar surface area (TPSA) is 22.1 Å². The molecular weight excluding hydrogens is 174 g/mol. The number of hydrogen-bond acceptors (Lipinski definition) is 2. The van der Waals surface area contributed by atoms with Crippen molar-refractivity contribution in [2.45, 2.75) is 13.8 Å². The first-order chi connectivity index (χ1) is 6.72. The molecule has 0 spiro atoms. The maximum Gasteiger partial charge on any atom is 0.128 e. The minimum Gasteiger partial charge on any atom is -0.496 e. The van der Waals surface area contributed by atoms with E-state index >= 15 is 0 Å². The standard InChI is InChI=1S/C12H13NO/c1-8-6-10-4-5-13-9(2)12(10)11(7-8)14-3/h4-7H,1-3H3. The Bertz CT molecular complexity index is 477. The maximum atomic E-state index is 5.35. The highest BCUT2D eigenvalue weighted by Gasteiger charge is 2.05. The fraction of sp³-hybridized carbons (Fsp3) is 0.250. The third kappa shape index (κ3) is 1.33. The molecule has 14 heavy (non-hydrogen) atoms. The lowest BCUT2D eigenvalue weighted by Crippen LogP contribution is -1.90. The van der Waals surface area contributed by atoms with Gasteiger partial charge in [-0.25, -0.2) is 0 Å². The van der Waals surface area contributed by atoms with E-state index in [1.54, 1.807) is 7.11 Å². The number of aromatic nitrogens is 1. The lowest BCUT2D eigenvalue weighted by Gasteiger charge is -2.08. The highest BCUT2D eigenvalue weighted by molar-refractivity contribution is 5.90. The molecular formula is C12H13NO. The van der Waals surface area contributed by atoms with Crippen molar-refractivity contribution >= 4 is 10.8 Å². The van der Waals surface area contributed by atoms with Gasteiger partial charge in [0.1, 0.15) is 5.75 Å². The number of methoxy groups -OCH3 is 1. The third-order valence-electron chi connectivity index (χ3n) is 2.38. The van der Waals surface area contributed by atoms with Crippen molar-refractivity contribution in [1.82, 2.24) is 4.98 Å². The molecule has 1 aromatic carbocycles. The molecule has 0 aliphatic rings. The van der Waals surface area contributed by atoms with Crippen LogP contribution in [0.15, 0.2) is 24.4 Å². The van der Waals surface area contributed by atoms with E-state index < -0.39 is 0 Å². The van der Waals surface area contributed by atoms with Crippen molar-refractivity contribution in [1.29, 1.82) is 0 Å². The molecule has 0 bridgehead atoms. The van der Waals surface area contributed by atoms with Crippen LogP contribution in [0.2, 0.25) is 0 Å². The highest BCUT2D eigenvalue weighted by atomic mass is 16.5. The third-order valence-corrected chi connectivity index (χ3v) is 2.38. The first-order valence-electron chi connectivity index (χ1n) is 4.62. The maximum absolute atomic E-state index is 5.35. The van der Waals surface area contributed by atoms with Gasteiger partial charge in [-0.05, 0) is 36.9 Å². The van der Waals surface area contributed by atoms with Gasteiger partial charge in [0.15, 0.2) is 0 Å². The number of aryl methyl sites for hydroxylation is 2. The van der Waals surface area contributed by atoms with Gasteiger partial charge in [0, 0.05) is 17.3 Å². The Balaban J connectivity index is 2.88. The number of ether oxygens (including phenoxy) is 1. The Labute approximate surface area is 83.5 Å². The number of hydrogen-bond donors (Lipinski definition) is 0. The van der Waals surface area contributed by atoms with Crippen LogP contribution >= 0.6 is 0 Å². The Morgan fingerprint density at radius 2 is 2.00 bits per heavy atom. The second kappa shape index (κ2) is 3.29. The fourth-order valence-electron chi connectivity index (χ4n) is 1.75. The van der Waals surface area contributed by atoms with E-state index in [0.717, 1.165) is 16.8 Å². The van der Waals surface area contributed by atoms with Crippen LogP contribution < -0.4 is 4.74 Å². The number of fused-ring (bicyclic) bond motifs is 1. The van der Waals surface area contributed by atoms with Crippen LogP contribution in [0.4, 0.5) is 0 Å². The molecule has 0 aliphatic carbocycles. The van der Waals surface area contributed by atoms with E-state index in [2.05, 4.69) is 18.0 Å². The van der Waals surface area contributed by atoms with Crippen molar-refractivity contribution < 1.29 is 4.74 Å². The molecule has 2 nitrogen and oxygen atoms in total. The van der Waals surface area contributed by atoms with Crippen molar-refractivity contribution in [2.24, 2.45) is 0 Å². The van der Waals surface area contributed by atoms with Crippen LogP contribution in [0.5, 0.6) is 5.75 Å². The average molecular weight is 187 g/mol. The van der Waals surface area contributed by atoms with Crippen LogP contribution in [-0.4, -0.2) is 12.1 Å². The summed E-state index contributed by atoms with van der Waals surface area (Å²) in [6, 6.07) is 6.20. The van der Waals surface area contributed by atoms with Crippen LogP contribution in [0.3, 0.4) is 0 Å². The van der Waals surface area contributed by atoms with Crippen molar-refractivity contribution in [3.05, 3.63) is 35.7 Å².